The molecule has 20 heavy (non-hydrogen) atoms. The third-order valence-corrected chi connectivity index (χ3v) is 4.17. The Balaban J connectivity index is 2.25. The van der Waals surface area contributed by atoms with Crippen LogP contribution < -0.4 is 0 Å². The largest absolute Gasteiger partial charge is 0.388 e. The number of benzene rings is 2. The molecule has 0 aromatic heterocycles. The Bertz CT molecular complexity index is 577. The molecule has 0 fully saturated rings. The third kappa shape index (κ3) is 3.71. The van der Waals surface area contributed by atoms with Crippen LogP contribution in [0.1, 0.15) is 42.2 Å². The number of hydrogen-bond donors (Lipinski definition) is 1. The predicted molar refractivity (Wildman–Crippen MR) is 88.0 cm³/mol. The van der Waals surface area contributed by atoms with Gasteiger partial charge in [0, 0.05) is 10.9 Å². The SMILES string of the molecule is CCc1ccc(CC)c(C(O)Cc2cccc(Br)c2)c1. The highest BCUT2D eigenvalue weighted by Crippen LogP contribution is 2.25. The molecule has 2 aromatic rings. The van der Waals surface area contributed by atoms with Crippen LogP contribution in [-0.4, -0.2) is 5.11 Å². The molecule has 0 radical (unpaired) electrons. The molecule has 0 aliphatic carbocycles. The van der Waals surface area contributed by atoms with Crippen molar-refractivity contribution in [1.29, 1.82) is 0 Å². The lowest BCUT2D eigenvalue weighted by atomic mass is 9.93. The summed E-state index contributed by atoms with van der Waals surface area (Å²) >= 11 is 3.48. The van der Waals surface area contributed by atoms with E-state index in [2.05, 4.69) is 60.1 Å². The van der Waals surface area contributed by atoms with Crippen molar-refractivity contribution in [3.8, 4) is 0 Å². The molecule has 106 valence electrons. The van der Waals surface area contributed by atoms with Crippen LogP contribution in [0.25, 0.3) is 0 Å². The Hall–Kier alpha value is -1.12. The molecule has 1 atom stereocenters. The van der Waals surface area contributed by atoms with Gasteiger partial charge in [0.25, 0.3) is 0 Å². The van der Waals surface area contributed by atoms with Crippen molar-refractivity contribution >= 4 is 15.9 Å². The van der Waals surface area contributed by atoms with E-state index in [1.807, 2.05) is 12.1 Å². The summed E-state index contributed by atoms with van der Waals surface area (Å²) < 4.78 is 1.06. The van der Waals surface area contributed by atoms with E-state index < -0.39 is 6.10 Å². The maximum absolute atomic E-state index is 10.6. The minimum atomic E-state index is -0.439. The minimum Gasteiger partial charge on any atom is -0.388 e. The van der Waals surface area contributed by atoms with Crippen LogP contribution in [0.3, 0.4) is 0 Å². The van der Waals surface area contributed by atoms with Gasteiger partial charge in [-0.15, -0.1) is 0 Å². The highest BCUT2D eigenvalue weighted by atomic mass is 79.9. The Kier molecular flexibility index (Phi) is 5.38. The van der Waals surface area contributed by atoms with Crippen LogP contribution in [0.2, 0.25) is 0 Å². The van der Waals surface area contributed by atoms with Gasteiger partial charge in [0.05, 0.1) is 6.10 Å². The minimum absolute atomic E-state index is 0.439. The molecular formula is C18H21BrO. The van der Waals surface area contributed by atoms with Crippen LogP contribution in [0.4, 0.5) is 0 Å². The van der Waals surface area contributed by atoms with Gasteiger partial charge in [-0.3, -0.25) is 0 Å². The molecular weight excluding hydrogens is 312 g/mol. The number of hydrogen-bond acceptors (Lipinski definition) is 1. The molecule has 1 unspecified atom stereocenters. The van der Waals surface area contributed by atoms with Crippen molar-refractivity contribution in [2.45, 2.75) is 39.2 Å². The number of halogens is 1. The lowest BCUT2D eigenvalue weighted by Crippen LogP contribution is -2.06. The second-order valence-electron chi connectivity index (χ2n) is 5.09. The van der Waals surface area contributed by atoms with Crippen LogP contribution in [0.15, 0.2) is 46.9 Å². The third-order valence-electron chi connectivity index (χ3n) is 3.68. The summed E-state index contributed by atoms with van der Waals surface area (Å²) in [5.41, 5.74) is 4.75. The number of aliphatic hydroxyl groups is 1. The second-order valence-corrected chi connectivity index (χ2v) is 6.01. The summed E-state index contributed by atoms with van der Waals surface area (Å²) in [6, 6.07) is 14.6. The topological polar surface area (TPSA) is 20.2 Å². The Morgan fingerprint density at radius 2 is 1.80 bits per heavy atom. The van der Waals surface area contributed by atoms with E-state index in [1.165, 1.54) is 11.1 Å². The van der Waals surface area contributed by atoms with Crippen molar-refractivity contribution in [3.63, 3.8) is 0 Å². The Morgan fingerprint density at radius 3 is 2.45 bits per heavy atom. The van der Waals surface area contributed by atoms with Crippen LogP contribution in [0, 0.1) is 0 Å². The van der Waals surface area contributed by atoms with E-state index in [4.69, 9.17) is 0 Å². The van der Waals surface area contributed by atoms with Crippen molar-refractivity contribution in [3.05, 3.63) is 69.2 Å². The molecule has 0 aliphatic heterocycles. The van der Waals surface area contributed by atoms with Gasteiger partial charge in [0.15, 0.2) is 0 Å². The lowest BCUT2D eigenvalue weighted by molar-refractivity contribution is 0.177. The standard InChI is InChI=1S/C18H21BrO/c1-3-13-8-9-15(4-2)17(11-13)18(20)12-14-6-5-7-16(19)10-14/h5-11,18,20H,3-4,12H2,1-2H3. The van der Waals surface area contributed by atoms with E-state index in [-0.39, 0.29) is 0 Å². The molecule has 2 aromatic carbocycles. The Morgan fingerprint density at radius 1 is 1.00 bits per heavy atom. The summed E-state index contributed by atoms with van der Waals surface area (Å²) in [5, 5.41) is 10.6. The van der Waals surface area contributed by atoms with Gasteiger partial charge in [-0.25, -0.2) is 0 Å². The van der Waals surface area contributed by atoms with Gasteiger partial charge < -0.3 is 5.11 Å². The highest BCUT2D eigenvalue weighted by molar-refractivity contribution is 9.10. The molecule has 1 nitrogen and oxygen atoms in total. The lowest BCUT2D eigenvalue weighted by Gasteiger charge is -2.16. The first kappa shape index (κ1) is 15.3. The summed E-state index contributed by atoms with van der Waals surface area (Å²) in [4.78, 5) is 0. The maximum Gasteiger partial charge on any atom is 0.0833 e. The van der Waals surface area contributed by atoms with Crippen LogP contribution in [0.5, 0.6) is 0 Å². The zero-order chi connectivity index (χ0) is 14.5. The first-order chi connectivity index (χ1) is 9.63. The predicted octanol–water partition coefficient (Wildman–Crippen LogP) is 4.85. The molecule has 0 saturated carbocycles. The first-order valence-corrected chi connectivity index (χ1v) is 7.97. The molecule has 0 aliphatic rings. The average molecular weight is 333 g/mol. The smallest absolute Gasteiger partial charge is 0.0833 e. The molecule has 1 N–H and O–H groups in total. The quantitative estimate of drug-likeness (QED) is 0.829. The average Bonchev–Trinajstić information content (AvgIpc) is 2.46. The highest BCUT2D eigenvalue weighted by Gasteiger charge is 2.13. The van der Waals surface area contributed by atoms with Gasteiger partial charge in [-0.05, 0) is 47.2 Å². The fraction of sp³-hybridized carbons (Fsp3) is 0.333. The van der Waals surface area contributed by atoms with Crippen molar-refractivity contribution in [2.75, 3.05) is 0 Å². The van der Waals surface area contributed by atoms with E-state index in [0.717, 1.165) is 28.4 Å². The molecule has 0 saturated heterocycles. The molecule has 2 heteroatoms. The normalized spacial score (nSPS) is 12.4. The van der Waals surface area contributed by atoms with E-state index in [0.29, 0.717) is 6.42 Å². The van der Waals surface area contributed by atoms with Gasteiger partial charge in [-0.2, -0.15) is 0 Å². The maximum atomic E-state index is 10.6. The second kappa shape index (κ2) is 7.05. The summed E-state index contributed by atoms with van der Waals surface area (Å²) in [6.45, 7) is 4.28. The van der Waals surface area contributed by atoms with E-state index in [1.54, 1.807) is 0 Å². The summed E-state index contributed by atoms with van der Waals surface area (Å²) in [6.07, 6.45) is 2.17. The van der Waals surface area contributed by atoms with Crippen molar-refractivity contribution < 1.29 is 5.11 Å². The van der Waals surface area contributed by atoms with Gasteiger partial charge >= 0.3 is 0 Å². The molecule has 0 amide bonds. The summed E-state index contributed by atoms with van der Waals surface area (Å²) in [5.74, 6) is 0. The van der Waals surface area contributed by atoms with Crippen molar-refractivity contribution in [2.24, 2.45) is 0 Å². The van der Waals surface area contributed by atoms with E-state index in [9.17, 15) is 5.11 Å². The molecule has 0 spiro atoms. The van der Waals surface area contributed by atoms with Crippen LogP contribution >= 0.6 is 15.9 Å². The monoisotopic (exact) mass is 332 g/mol. The van der Waals surface area contributed by atoms with E-state index >= 15 is 0 Å². The summed E-state index contributed by atoms with van der Waals surface area (Å²) in [7, 11) is 0. The molecule has 0 heterocycles. The fourth-order valence-corrected chi connectivity index (χ4v) is 2.94. The first-order valence-electron chi connectivity index (χ1n) is 7.18. The fourth-order valence-electron chi connectivity index (χ4n) is 2.49. The number of aliphatic hydroxyl groups excluding tert-OH is 1. The zero-order valence-electron chi connectivity index (χ0n) is 12.1. The molecule has 2 rings (SSSR count). The number of aryl methyl sites for hydroxylation is 2. The number of rotatable bonds is 5. The Labute approximate surface area is 129 Å². The van der Waals surface area contributed by atoms with Gasteiger partial charge in [0.2, 0.25) is 0 Å². The molecule has 0 bridgehead atoms. The van der Waals surface area contributed by atoms with Gasteiger partial charge in [-0.1, -0.05) is 60.1 Å². The zero-order valence-corrected chi connectivity index (χ0v) is 13.7. The van der Waals surface area contributed by atoms with Crippen LogP contribution in [-0.2, 0) is 19.3 Å². The van der Waals surface area contributed by atoms with Crippen molar-refractivity contribution in [1.82, 2.24) is 0 Å². The van der Waals surface area contributed by atoms with Gasteiger partial charge in [0.1, 0.15) is 0 Å².